The third kappa shape index (κ3) is 4.88. The number of carbonyl (C=O) groups excluding carboxylic acids is 2. The van der Waals surface area contributed by atoms with Gasteiger partial charge in [0.15, 0.2) is 0 Å². The lowest BCUT2D eigenvalue weighted by Gasteiger charge is -2.24. The van der Waals surface area contributed by atoms with E-state index in [-0.39, 0.29) is 23.8 Å². The van der Waals surface area contributed by atoms with Crippen molar-refractivity contribution >= 4 is 11.8 Å². The maximum absolute atomic E-state index is 12.3. The number of carbonyl (C=O) groups is 2. The predicted molar refractivity (Wildman–Crippen MR) is 85.2 cm³/mol. The van der Waals surface area contributed by atoms with Crippen LogP contribution in [0.1, 0.15) is 50.0 Å². The molecule has 0 spiro atoms. The molecule has 2 atom stereocenters. The highest BCUT2D eigenvalue weighted by atomic mass is 16.2. The van der Waals surface area contributed by atoms with Crippen LogP contribution in [0.3, 0.4) is 0 Å². The van der Waals surface area contributed by atoms with Crippen molar-refractivity contribution in [1.82, 2.24) is 10.6 Å². The molecule has 1 aromatic rings. The predicted octanol–water partition coefficient (Wildman–Crippen LogP) is 2.66. The molecular weight excluding hydrogens is 264 g/mol. The van der Waals surface area contributed by atoms with Gasteiger partial charge in [0.25, 0.3) is 5.91 Å². The third-order valence-electron chi connectivity index (χ3n) is 3.63. The summed E-state index contributed by atoms with van der Waals surface area (Å²) < 4.78 is 0. The molecular formula is C17H26N2O2. The number of rotatable bonds is 6. The van der Waals surface area contributed by atoms with E-state index in [1.165, 1.54) is 0 Å². The molecule has 0 saturated carbocycles. The zero-order valence-electron chi connectivity index (χ0n) is 13.6. The van der Waals surface area contributed by atoms with E-state index in [0.717, 1.165) is 12.0 Å². The van der Waals surface area contributed by atoms with Crippen molar-refractivity contribution < 1.29 is 9.59 Å². The van der Waals surface area contributed by atoms with E-state index in [1.807, 2.05) is 52.8 Å². The van der Waals surface area contributed by atoms with Crippen molar-refractivity contribution in [2.45, 2.75) is 53.1 Å². The van der Waals surface area contributed by atoms with Gasteiger partial charge in [0.1, 0.15) is 6.04 Å². The van der Waals surface area contributed by atoms with Gasteiger partial charge in [-0.25, -0.2) is 0 Å². The van der Waals surface area contributed by atoms with Gasteiger partial charge >= 0.3 is 0 Å². The molecule has 21 heavy (non-hydrogen) atoms. The van der Waals surface area contributed by atoms with Crippen LogP contribution >= 0.6 is 0 Å². The van der Waals surface area contributed by atoms with Gasteiger partial charge in [-0.1, -0.05) is 39.0 Å². The molecule has 0 aliphatic heterocycles. The van der Waals surface area contributed by atoms with Crippen LogP contribution in [0.4, 0.5) is 0 Å². The van der Waals surface area contributed by atoms with Crippen LogP contribution in [0.2, 0.25) is 0 Å². The fraction of sp³-hybridized carbons (Fsp3) is 0.529. The first-order chi connectivity index (χ1) is 9.86. The van der Waals surface area contributed by atoms with Crippen molar-refractivity contribution in [1.29, 1.82) is 0 Å². The van der Waals surface area contributed by atoms with Gasteiger partial charge in [-0.2, -0.15) is 0 Å². The Morgan fingerprint density at radius 2 is 1.71 bits per heavy atom. The molecule has 2 amide bonds. The van der Waals surface area contributed by atoms with Gasteiger partial charge in [0.05, 0.1) is 0 Å². The smallest absolute Gasteiger partial charge is 0.252 e. The van der Waals surface area contributed by atoms with Crippen LogP contribution in [-0.2, 0) is 4.79 Å². The fourth-order valence-electron chi connectivity index (χ4n) is 2.02. The zero-order valence-corrected chi connectivity index (χ0v) is 13.6. The van der Waals surface area contributed by atoms with Gasteiger partial charge in [0, 0.05) is 11.6 Å². The van der Waals surface area contributed by atoms with Crippen molar-refractivity contribution in [3.8, 4) is 0 Å². The largest absolute Gasteiger partial charge is 0.352 e. The van der Waals surface area contributed by atoms with Crippen LogP contribution in [0.5, 0.6) is 0 Å². The molecule has 0 bridgehead atoms. The SMILES string of the molecule is CCC(C)NC(=O)C(NC(=O)c1ccccc1C)C(C)C. The highest BCUT2D eigenvalue weighted by Crippen LogP contribution is 2.09. The molecule has 0 aliphatic rings. The van der Waals surface area contributed by atoms with Crippen molar-refractivity contribution in [2.24, 2.45) is 5.92 Å². The Bertz CT molecular complexity index is 497. The number of benzene rings is 1. The Labute approximate surface area is 127 Å². The molecule has 0 radical (unpaired) electrons. The number of hydrogen-bond acceptors (Lipinski definition) is 2. The third-order valence-corrected chi connectivity index (χ3v) is 3.63. The molecule has 1 rings (SSSR count). The summed E-state index contributed by atoms with van der Waals surface area (Å²) in [6.07, 6.45) is 0.863. The second kappa shape index (κ2) is 7.81. The topological polar surface area (TPSA) is 58.2 Å². The Morgan fingerprint density at radius 3 is 2.24 bits per heavy atom. The van der Waals surface area contributed by atoms with Crippen LogP contribution < -0.4 is 10.6 Å². The summed E-state index contributed by atoms with van der Waals surface area (Å²) in [5, 5.41) is 5.78. The highest BCUT2D eigenvalue weighted by Gasteiger charge is 2.25. The van der Waals surface area contributed by atoms with Crippen LogP contribution in [0.15, 0.2) is 24.3 Å². The molecule has 2 unspecified atom stereocenters. The summed E-state index contributed by atoms with van der Waals surface area (Å²) >= 11 is 0. The Hall–Kier alpha value is -1.84. The fourth-order valence-corrected chi connectivity index (χ4v) is 2.02. The summed E-state index contributed by atoms with van der Waals surface area (Å²) in [7, 11) is 0. The average molecular weight is 290 g/mol. The van der Waals surface area contributed by atoms with Crippen LogP contribution in [-0.4, -0.2) is 23.9 Å². The van der Waals surface area contributed by atoms with Crippen LogP contribution in [0.25, 0.3) is 0 Å². The minimum absolute atomic E-state index is 0.0297. The van der Waals surface area contributed by atoms with E-state index in [1.54, 1.807) is 6.07 Å². The molecule has 2 N–H and O–H groups in total. The van der Waals surface area contributed by atoms with Gasteiger partial charge in [-0.15, -0.1) is 0 Å². The molecule has 116 valence electrons. The first-order valence-corrected chi connectivity index (χ1v) is 7.53. The number of hydrogen-bond donors (Lipinski definition) is 2. The Morgan fingerprint density at radius 1 is 1.10 bits per heavy atom. The van der Waals surface area contributed by atoms with E-state index in [4.69, 9.17) is 0 Å². The van der Waals surface area contributed by atoms with E-state index in [2.05, 4.69) is 10.6 Å². The summed E-state index contributed by atoms with van der Waals surface area (Å²) in [5.41, 5.74) is 1.51. The van der Waals surface area contributed by atoms with Crippen LogP contribution in [0, 0.1) is 12.8 Å². The van der Waals surface area contributed by atoms with Gasteiger partial charge in [0.2, 0.25) is 5.91 Å². The molecule has 4 nitrogen and oxygen atoms in total. The second-order valence-electron chi connectivity index (χ2n) is 5.83. The molecule has 0 aliphatic carbocycles. The van der Waals surface area contributed by atoms with E-state index in [0.29, 0.717) is 5.56 Å². The molecule has 1 aromatic carbocycles. The minimum atomic E-state index is -0.522. The lowest BCUT2D eigenvalue weighted by Crippen LogP contribution is -2.51. The first kappa shape index (κ1) is 17.2. The summed E-state index contributed by atoms with van der Waals surface area (Å²) in [4.78, 5) is 24.6. The van der Waals surface area contributed by atoms with Crippen molar-refractivity contribution in [3.63, 3.8) is 0 Å². The van der Waals surface area contributed by atoms with E-state index >= 15 is 0 Å². The zero-order chi connectivity index (χ0) is 16.0. The summed E-state index contributed by atoms with van der Waals surface area (Å²) in [6, 6.07) is 6.96. The van der Waals surface area contributed by atoms with E-state index < -0.39 is 6.04 Å². The second-order valence-corrected chi connectivity index (χ2v) is 5.83. The number of nitrogens with one attached hydrogen (secondary N) is 2. The average Bonchev–Trinajstić information content (AvgIpc) is 2.44. The quantitative estimate of drug-likeness (QED) is 0.846. The summed E-state index contributed by atoms with van der Waals surface area (Å²) in [5.74, 6) is -0.297. The lowest BCUT2D eigenvalue weighted by atomic mass is 10.0. The summed E-state index contributed by atoms with van der Waals surface area (Å²) in [6.45, 7) is 9.72. The molecule has 0 fully saturated rings. The number of amides is 2. The Kier molecular flexibility index (Phi) is 6.40. The standard InChI is InChI=1S/C17H26N2O2/c1-6-13(5)18-17(21)15(11(2)3)19-16(20)14-10-8-7-9-12(14)4/h7-11,13,15H,6H2,1-5H3,(H,18,21)(H,19,20). The first-order valence-electron chi connectivity index (χ1n) is 7.53. The maximum atomic E-state index is 12.3. The van der Waals surface area contributed by atoms with E-state index in [9.17, 15) is 9.59 Å². The highest BCUT2D eigenvalue weighted by molar-refractivity contribution is 5.98. The van der Waals surface area contributed by atoms with Gasteiger partial charge < -0.3 is 10.6 Å². The molecule has 0 aromatic heterocycles. The van der Waals surface area contributed by atoms with Crippen molar-refractivity contribution in [3.05, 3.63) is 35.4 Å². The molecule has 0 heterocycles. The number of aryl methyl sites for hydroxylation is 1. The molecule has 4 heteroatoms. The lowest BCUT2D eigenvalue weighted by molar-refractivity contribution is -0.124. The van der Waals surface area contributed by atoms with Gasteiger partial charge in [-0.3, -0.25) is 9.59 Å². The van der Waals surface area contributed by atoms with Gasteiger partial charge in [-0.05, 0) is 37.8 Å². The normalized spacial score (nSPS) is 13.6. The maximum Gasteiger partial charge on any atom is 0.252 e. The monoisotopic (exact) mass is 290 g/mol. The minimum Gasteiger partial charge on any atom is -0.352 e. The molecule has 0 saturated heterocycles. The Balaban J connectivity index is 2.82. The van der Waals surface area contributed by atoms with Crippen molar-refractivity contribution in [2.75, 3.05) is 0 Å².